The monoisotopic (exact) mass is 410 g/mol. The molecule has 0 unspecified atom stereocenters. The molecule has 1 aliphatic rings. The maximum Gasteiger partial charge on any atom is 0.240 e. The van der Waals surface area contributed by atoms with E-state index in [0.717, 1.165) is 48.1 Å². The van der Waals surface area contributed by atoms with Crippen LogP contribution in [0, 0.1) is 13.8 Å². The number of nitrogens with one attached hydrogen (secondary N) is 1. The number of pyridine rings is 1. The van der Waals surface area contributed by atoms with Gasteiger partial charge in [-0.2, -0.15) is 5.10 Å². The fourth-order valence-corrected chi connectivity index (χ4v) is 4.95. The summed E-state index contributed by atoms with van der Waals surface area (Å²) in [7, 11) is -3.54. The van der Waals surface area contributed by atoms with Gasteiger partial charge in [0.05, 0.1) is 17.1 Å². The summed E-state index contributed by atoms with van der Waals surface area (Å²) < 4.78 is 30.0. The highest BCUT2D eigenvalue weighted by molar-refractivity contribution is 7.89. The molecule has 0 aliphatic heterocycles. The Morgan fingerprint density at radius 3 is 2.55 bits per heavy atom. The molecule has 2 aromatic heterocycles. The van der Waals surface area contributed by atoms with Crippen molar-refractivity contribution in [2.24, 2.45) is 0 Å². The van der Waals surface area contributed by atoms with Crippen LogP contribution in [-0.4, -0.2) is 29.7 Å². The van der Waals surface area contributed by atoms with Gasteiger partial charge in [-0.3, -0.25) is 9.67 Å². The fraction of sp³-hybridized carbons (Fsp3) is 0.364. The summed E-state index contributed by atoms with van der Waals surface area (Å²) in [5.41, 5.74) is 6.63. The number of rotatable bonds is 6. The van der Waals surface area contributed by atoms with Gasteiger partial charge in [0.25, 0.3) is 0 Å². The Morgan fingerprint density at radius 1 is 1.03 bits per heavy atom. The topological polar surface area (TPSA) is 76.9 Å². The summed E-state index contributed by atoms with van der Waals surface area (Å²) in [6.45, 7) is 4.71. The van der Waals surface area contributed by atoms with Crippen LogP contribution >= 0.6 is 0 Å². The summed E-state index contributed by atoms with van der Waals surface area (Å²) in [4.78, 5) is 4.40. The lowest BCUT2D eigenvalue weighted by atomic mass is 9.94. The van der Waals surface area contributed by atoms with E-state index in [4.69, 9.17) is 5.10 Å². The van der Waals surface area contributed by atoms with Gasteiger partial charge < -0.3 is 0 Å². The zero-order chi connectivity index (χ0) is 20.4. The molecule has 6 nitrogen and oxygen atoms in total. The van der Waals surface area contributed by atoms with E-state index in [1.165, 1.54) is 11.3 Å². The van der Waals surface area contributed by atoms with Crippen LogP contribution in [0.2, 0.25) is 0 Å². The maximum atomic E-state index is 12.7. The average Bonchev–Trinajstić information content (AvgIpc) is 3.09. The van der Waals surface area contributed by atoms with Crippen molar-refractivity contribution in [3.05, 3.63) is 65.1 Å². The number of fused-ring (bicyclic) bond motifs is 1. The van der Waals surface area contributed by atoms with E-state index in [1.807, 2.05) is 36.7 Å². The van der Waals surface area contributed by atoms with Gasteiger partial charge in [-0.15, -0.1) is 0 Å². The second-order valence-corrected chi connectivity index (χ2v) is 9.35. The summed E-state index contributed by atoms with van der Waals surface area (Å²) in [6, 6.07) is 9.17. The van der Waals surface area contributed by atoms with E-state index >= 15 is 0 Å². The van der Waals surface area contributed by atoms with Crippen LogP contribution in [0.1, 0.15) is 35.2 Å². The lowest BCUT2D eigenvalue weighted by Gasteiger charge is -2.15. The molecule has 152 valence electrons. The molecule has 3 aromatic rings. The molecule has 0 atom stereocenters. The van der Waals surface area contributed by atoms with Crippen molar-refractivity contribution in [1.82, 2.24) is 19.5 Å². The van der Waals surface area contributed by atoms with Crippen molar-refractivity contribution in [3.8, 4) is 11.3 Å². The zero-order valence-corrected chi connectivity index (χ0v) is 17.7. The molecule has 1 aliphatic carbocycles. The van der Waals surface area contributed by atoms with Crippen molar-refractivity contribution in [2.75, 3.05) is 6.54 Å². The molecule has 0 fully saturated rings. The Hall–Kier alpha value is -2.51. The summed E-state index contributed by atoms with van der Waals surface area (Å²) in [5, 5.41) is 4.83. The van der Waals surface area contributed by atoms with E-state index in [-0.39, 0.29) is 0 Å². The number of nitrogens with zero attached hydrogens (tertiary/aromatic N) is 3. The molecular weight excluding hydrogens is 384 g/mol. The highest BCUT2D eigenvalue weighted by Gasteiger charge is 2.22. The molecule has 0 saturated carbocycles. The first kappa shape index (κ1) is 19.8. The van der Waals surface area contributed by atoms with Crippen LogP contribution in [0.3, 0.4) is 0 Å². The van der Waals surface area contributed by atoms with E-state index < -0.39 is 10.0 Å². The third-order valence-corrected chi connectivity index (χ3v) is 7.07. The first-order valence-corrected chi connectivity index (χ1v) is 11.5. The largest absolute Gasteiger partial charge is 0.267 e. The van der Waals surface area contributed by atoms with Crippen LogP contribution in [0.4, 0.5) is 0 Å². The van der Waals surface area contributed by atoms with Crippen LogP contribution in [0.5, 0.6) is 0 Å². The molecule has 29 heavy (non-hydrogen) atoms. The van der Waals surface area contributed by atoms with Crippen molar-refractivity contribution < 1.29 is 8.42 Å². The second-order valence-electron chi connectivity index (χ2n) is 7.58. The molecule has 4 rings (SSSR count). The number of aryl methyl sites for hydroxylation is 2. The molecular formula is C22H26N4O2S. The second kappa shape index (κ2) is 8.08. The minimum atomic E-state index is -3.54. The summed E-state index contributed by atoms with van der Waals surface area (Å²) in [6.07, 6.45) is 7.86. The smallest absolute Gasteiger partial charge is 0.240 e. The Balaban J connectivity index is 1.53. The van der Waals surface area contributed by atoms with Gasteiger partial charge >= 0.3 is 0 Å². The number of benzene rings is 1. The molecule has 0 spiro atoms. The van der Waals surface area contributed by atoms with E-state index in [0.29, 0.717) is 18.0 Å². The van der Waals surface area contributed by atoms with Crippen LogP contribution in [0.15, 0.2) is 47.6 Å². The maximum absolute atomic E-state index is 12.7. The molecule has 1 aromatic carbocycles. The number of hydrogen-bond acceptors (Lipinski definition) is 4. The highest BCUT2D eigenvalue weighted by atomic mass is 32.2. The average molecular weight is 411 g/mol. The molecule has 7 heteroatoms. The molecule has 2 heterocycles. The zero-order valence-electron chi connectivity index (χ0n) is 16.9. The first-order chi connectivity index (χ1) is 14.0. The minimum Gasteiger partial charge on any atom is -0.267 e. The van der Waals surface area contributed by atoms with Gasteiger partial charge in [0, 0.05) is 35.8 Å². The summed E-state index contributed by atoms with van der Waals surface area (Å²) >= 11 is 0. The van der Waals surface area contributed by atoms with Crippen LogP contribution in [-0.2, 0) is 29.4 Å². The fourth-order valence-electron chi connectivity index (χ4n) is 3.85. The van der Waals surface area contributed by atoms with Gasteiger partial charge in [-0.25, -0.2) is 13.1 Å². The predicted octanol–water partition coefficient (Wildman–Crippen LogP) is 3.42. The number of sulfonamides is 1. The molecule has 1 N–H and O–H groups in total. The normalized spacial score (nSPS) is 14.0. The Kier molecular flexibility index (Phi) is 5.52. The third kappa shape index (κ3) is 4.11. The molecule has 0 radical (unpaired) electrons. The molecule has 0 saturated heterocycles. The van der Waals surface area contributed by atoms with Crippen molar-refractivity contribution in [2.45, 2.75) is 51.0 Å². The Morgan fingerprint density at radius 2 is 1.79 bits per heavy atom. The van der Waals surface area contributed by atoms with E-state index in [2.05, 4.69) is 9.71 Å². The number of hydrogen-bond donors (Lipinski definition) is 1. The standard InChI is InChI=1S/C22H26N4O2S/c1-16-7-8-19(15-17(16)2)29(27,28)24-13-14-26-21-6-4-3-5-20(21)22(25-26)18-9-11-23-12-10-18/h7-12,15,24H,3-6,13-14H2,1-2H3. The minimum absolute atomic E-state index is 0.305. The van der Waals surface area contributed by atoms with E-state index in [9.17, 15) is 8.42 Å². The summed E-state index contributed by atoms with van der Waals surface area (Å²) in [5.74, 6) is 0. The van der Waals surface area contributed by atoms with Crippen molar-refractivity contribution >= 4 is 10.0 Å². The SMILES string of the molecule is Cc1ccc(S(=O)(=O)NCCn2nc(-c3ccncc3)c3c2CCCC3)cc1C. The van der Waals surface area contributed by atoms with E-state index in [1.54, 1.807) is 24.5 Å². The van der Waals surface area contributed by atoms with Gasteiger partial charge in [0.15, 0.2) is 0 Å². The lowest BCUT2D eigenvalue weighted by molar-refractivity contribution is 0.538. The first-order valence-electron chi connectivity index (χ1n) is 10.0. The Bertz CT molecular complexity index is 1120. The molecule has 0 bridgehead atoms. The van der Waals surface area contributed by atoms with Gasteiger partial charge in [0.1, 0.15) is 0 Å². The van der Waals surface area contributed by atoms with Crippen molar-refractivity contribution in [3.63, 3.8) is 0 Å². The lowest BCUT2D eigenvalue weighted by Crippen LogP contribution is -2.28. The van der Waals surface area contributed by atoms with Crippen LogP contribution in [0.25, 0.3) is 11.3 Å². The van der Waals surface area contributed by atoms with Gasteiger partial charge in [-0.1, -0.05) is 6.07 Å². The highest BCUT2D eigenvalue weighted by Crippen LogP contribution is 2.30. The molecule has 0 amide bonds. The van der Waals surface area contributed by atoms with Crippen LogP contribution < -0.4 is 4.72 Å². The quantitative estimate of drug-likeness (QED) is 0.676. The number of aromatic nitrogens is 3. The third-order valence-electron chi connectivity index (χ3n) is 5.61. The van der Waals surface area contributed by atoms with Gasteiger partial charge in [0.2, 0.25) is 10.0 Å². The Labute approximate surface area is 172 Å². The van der Waals surface area contributed by atoms with Gasteiger partial charge in [-0.05, 0) is 74.9 Å². The predicted molar refractivity (Wildman–Crippen MR) is 113 cm³/mol. The van der Waals surface area contributed by atoms with Crippen molar-refractivity contribution in [1.29, 1.82) is 0 Å².